The lowest BCUT2D eigenvalue weighted by atomic mass is 9.99. The van der Waals surface area contributed by atoms with E-state index in [1.54, 1.807) is 12.1 Å². The summed E-state index contributed by atoms with van der Waals surface area (Å²) in [6.45, 7) is 0. The van der Waals surface area contributed by atoms with Gasteiger partial charge < -0.3 is 5.73 Å². The Labute approximate surface area is 113 Å². The van der Waals surface area contributed by atoms with Gasteiger partial charge in [-0.1, -0.05) is 28.1 Å². The van der Waals surface area contributed by atoms with E-state index in [2.05, 4.69) is 15.9 Å². The van der Waals surface area contributed by atoms with Crippen molar-refractivity contribution < 1.29 is 8.78 Å². The Morgan fingerprint density at radius 1 is 1.06 bits per heavy atom. The molecule has 1 nitrogen and oxygen atoms in total. The zero-order valence-electron chi connectivity index (χ0n) is 9.54. The summed E-state index contributed by atoms with van der Waals surface area (Å²) in [6, 6.07) is 10.4. The van der Waals surface area contributed by atoms with Crippen LogP contribution in [-0.2, 0) is 6.42 Å². The summed E-state index contributed by atoms with van der Waals surface area (Å²) >= 11 is 3.23. The summed E-state index contributed by atoms with van der Waals surface area (Å²) in [5.41, 5.74) is 7.47. The molecule has 0 bridgehead atoms. The van der Waals surface area contributed by atoms with Crippen molar-refractivity contribution in [2.24, 2.45) is 5.73 Å². The Hall–Kier alpha value is -1.26. The molecule has 0 saturated heterocycles. The van der Waals surface area contributed by atoms with E-state index in [1.165, 1.54) is 24.3 Å². The maximum Gasteiger partial charge on any atom is 0.124 e. The lowest BCUT2D eigenvalue weighted by molar-refractivity contribution is 0.613. The zero-order chi connectivity index (χ0) is 13.1. The molecule has 2 N–H and O–H groups in total. The molecule has 4 heteroatoms. The molecule has 2 aromatic rings. The van der Waals surface area contributed by atoms with Crippen LogP contribution >= 0.6 is 15.9 Å². The van der Waals surface area contributed by atoms with E-state index < -0.39 is 0 Å². The predicted molar refractivity (Wildman–Crippen MR) is 71.1 cm³/mol. The first-order valence-electron chi connectivity index (χ1n) is 5.50. The largest absolute Gasteiger partial charge is 0.324 e. The molecule has 0 radical (unpaired) electrons. The van der Waals surface area contributed by atoms with Gasteiger partial charge in [0.25, 0.3) is 0 Å². The van der Waals surface area contributed by atoms with Crippen molar-refractivity contribution in [2.45, 2.75) is 12.5 Å². The topological polar surface area (TPSA) is 26.0 Å². The standard InChI is InChI=1S/C14H12BrF2N/c15-11-4-9(5-13(17)8-11)6-14(18)10-2-1-3-12(16)7-10/h1-5,7-8,14H,6,18H2. The third-order valence-corrected chi connectivity index (χ3v) is 3.11. The summed E-state index contributed by atoms with van der Waals surface area (Å²) in [7, 11) is 0. The van der Waals surface area contributed by atoms with Crippen molar-refractivity contribution in [3.8, 4) is 0 Å². The highest BCUT2D eigenvalue weighted by Crippen LogP contribution is 2.20. The van der Waals surface area contributed by atoms with E-state index in [-0.39, 0.29) is 17.7 Å². The van der Waals surface area contributed by atoms with Crippen LogP contribution in [0, 0.1) is 11.6 Å². The van der Waals surface area contributed by atoms with Gasteiger partial charge in [-0.05, 0) is 47.9 Å². The van der Waals surface area contributed by atoms with E-state index in [4.69, 9.17) is 5.73 Å². The monoisotopic (exact) mass is 311 g/mol. The summed E-state index contributed by atoms with van der Waals surface area (Å²) in [6.07, 6.45) is 0.458. The molecule has 0 fully saturated rings. The van der Waals surface area contributed by atoms with Crippen LogP contribution in [0.3, 0.4) is 0 Å². The molecule has 2 aromatic carbocycles. The van der Waals surface area contributed by atoms with Gasteiger partial charge in [0.2, 0.25) is 0 Å². The van der Waals surface area contributed by atoms with Crippen molar-refractivity contribution in [1.29, 1.82) is 0 Å². The van der Waals surface area contributed by atoms with Crippen LogP contribution in [-0.4, -0.2) is 0 Å². The van der Waals surface area contributed by atoms with Crippen LogP contribution in [0.4, 0.5) is 8.78 Å². The van der Waals surface area contributed by atoms with Crippen molar-refractivity contribution >= 4 is 15.9 Å². The summed E-state index contributed by atoms with van der Waals surface area (Å²) in [5.74, 6) is -0.630. The maximum atomic E-state index is 13.2. The van der Waals surface area contributed by atoms with Crippen LogP contribution in [0.2, 0.25) is 0 Å². The Kier molecular flexibility index (Phi) is 4.09. The minimum Gasteiger partial charge on any atom is -0.324 e. The zero-order valence-corrected chi connectivity index (χ0v) is 11.1. The number of hydrogen-bond donors (Lipinski definition) is 1. The molecule has 0 spiro atoms. The van der Waals surface area contributed by atoms with Gasteiger partial charge in [0.15, 0.2) is 0 Å². The first-order valence-corrected chi connectivity index (χ1v) is 6.30. The molecular weight excluding hydrogens is 300 g/mol. The lowest BCUT2D eigenvalue weighted by Crippen LogP contribution is -2.13. The summed E-state index contributed by atoms with van der Waals surface area (Å²) < 4.78 is 27.0. The van der Waals surface area contributed by atoms with Gasteiger partial charge in [0, 0.05) is 10.5 Å². The number of rotatable bonds is 3. The van der Waals surface area contributed by atoms with Gasteiger partial charge >= 0.3 is 0 Å². The van der Waals surface area contributed by atoms with Crippen LogP contribution in [0.25, 0.3) is 0 Å². The van der Waals surface area contributed by atoms with E-state index in [1.807, 2.05) is 6.07 Å². The Balaban J connectivity index is 2.18. The average Bonchev–Trinajstić information content (AvgIpc) is 2.27. The van der Waals surface area contributed by atoms with Gasteiger partial charge in [-0.15, -0.1) is 0 Å². The summed E-state index contributed by atoms with van der Waals surface area (Å²) in [4.78, 5) is 0. The molecule has 0 aliphatic heterocycles. The van der Waals surface area contributed by atoms with E-state index in [0.717, 1.165) is 5.56 Å². The predicted octanol–water partition coefficient (Wildman–Crippen LogP) is 3.97. The van der Waals surface area contributed by atoms with Crippen molar-refractivity contribution in [3.05, 3.63) is 69.7 Å². The van der Waals surface area contributed by atoms with Crippen LogP contribution < -0.4 is 5.73 Å². The number of halogens is 3. The second-order valence-electron chi connectivity index (χ2n) is 4.14. The molecule has 0 saturated carbocycles. The second-order valence-corrected chi connectivity index (χ2v) is 5.06. The SMILES string of the molecule is NC(Cc1cc(F)cc(Br)c1)c1cccc(F)c1. The van der Waals surface area contributed by atoms with E-state index in [0.29, 0.717) is 16.5 Å². The number of hydrogen-bond acceptors (Lipinski definition) is 1. The van der Waals surface area contributed by atoms with Crippen LogP contribution in [0.5, 0.6) is 0 Å². The smallest absolute Gasteiger partial charge is 0.124 e. The third-order valence-electron chi connectivity index (χ3n) is 2.65. The van der Waals surface area contributed by atoms with Crippen molar-refractivity contribution in [3.63, 3.8) is 0 Å². The molecule has 1 atom stereocenters. The summed E-state index contributed by atoms with van der Waals surface area (Å²) in [5, 5.41) is 0. The molecular formula is C14H12BrF2N. The highest BCUT2D eigenvalue weighted by atomic mass is 79.9. The van der Waals surface area contributed by atoms with Crippen LogP contribution in [0.1, 0.15) is 17.2 Å². The molecule has 0 amide bonds. The Morgan fingerprint density at radius 3 is 2.50 bits per heavy atom. The fourth-order valence-electron chi connectivity index (χ4n) is 1.84. The highest BCUT2D eigenvalue weighted by molar-refractivity contribution is 9.10. The maximum absolute atomic E-state index is 13.2. The molecule has 0 aromatic heterocycles. The van der Waals surface area contributed by atoms with E-state index in [9.17, 15) is 8.78 Å². The number of nitrogens with two attached hydrogens (primary N) is 1. The molecule has 0 aliphatic carbocycles. The Bertz CT molecular complexity index is 537. The third kappa shape index (κ3) is 3.37. The van der Waals surface area contributed by atoms with Gasteiger partial charge in [0.1, 0.15) is 11.6 Å². The van der Waals surface area contributed by atoms with Gasteiger partial charge in [-0.3, -0.25) is 0 Å². The molecule has 0 aliphatic rings. The normalized spacial score (nSPS) is 12.4. The average molecular weight is 312 g/mol. The minimum absolute atomic E-state index is 0.314. The molecule has 1 unspecified atom stereocenters. The fourth-order valence-corrected chi connectivity index (χ4v) is 2.35. The lowest BCUT2D eigenvalue weighted by Gasteiger charge is -2.12. The second kappa shape index (κ2) is 5.59. The minimum atomic E-state index is -0.352. The van der Waals surface area contributed by atoms with Crippen molar-refractivity contribution in [2.75, 3.05) is 0 Å². The molecule has 94 valence electrons. The fraction of sp³-hybridized carbons (Fsp3) is 0.143. The van der Waals surface area contributed by atoms with Crippen LogP contribution in [0.15, 0.2) is 46.9 Å². The number of benzene rings is 2. The Morgan fingerprint density at radius 2 is 1.83 bits per heavy atom. The molecule has 0 heterocycles. The molecule has 2 rings (SSSR count). The highest BCUT2D eigenvalue weighted by Gasteiger charge is 2.09. The van der Waals surface area contributed by atoms with Gasteiger partial charge in [-0.2, -0.15) is 0 Å². The van der Waals surface area contributed by atoms with Gasteiger partial charge in [-0.25, -0.2) is 8.78 Å². The van der Waals surface area contributed by atoms with Crippen molar-refractivity contribution in [1.82, 2.24) is 0 Å². The quantitative estimate of drug-likeness (QED) is 0.912. The molecule has 18 heavy (non-hydrogen) atoms. The van der Waals surface area contributed by atoms with E-state index >= 15 is 0 Å². The van der Waals surface area contributed by atoms with Gasteiger partial charge in [0.05, 0.1) is 0 Å². The first kappa shape index (κ1) is 13.2. The first-order chi connectivity index (χ1) is 8.54.